The Hall–Kier alpha value is -2.51. The zero-order chi connectivity index (χ0) is 14.0. The van der Waals surface area contributed by atoms with Gasteiger partial charge in [0.1, 0.15) is 11.5 Å². The summed E-state index contributed by atoms with van der Waals surface area (Å²) in [6.45, 7) is 3.32. The predicted molar refractivity (Wildman–Crippen MR) is 64.2 cm³/mol. The van der Waals surface area contributed by atoms with Crippen LogP contribution in [0.15, 0.2) is 16.7 Å². The standard InChI is InChI=1S/C11H11FN4O3/c1-6-3-9(10(16(17)18)4-8(6)12)13-5-11-14-7(2)15-19-11/h3-4,13H,5H2,1-2H3. The molecule has 8 heteroatoms. The highest BCUT2D eigenvalue weighted by Gasteiger charge is 2.17. The highest BCUT2D eigenvalue weighted by molar-refractivity contribution is 5.62. The highest BCUT2D eigenvalue weighted by atomic mass is 19.1. The first kappa shape index (κ1) is 12.9. The molecule has 0 saturated carbocycles. The molecule has 0 atom stereocenters. The molecule has 0 unspecified atom stereocenters. The quantitative estimate of drug-likeness (QED) is 0.674. The van der Waals surface area contributed by atoms with E-state index >= 15 is 0 Å². The summed E-state index contributed by atoms with van der Waals surface area (Å²) in [4.78, 5) is 14.2. The molecule has 2 aromatic rings. The normalized spacial score (nSPS) is 10.5. The minimum atomic E-state index is -0.649. The summed E-state index contributed by atoms with van der Waals surface area (Å²) in [5.74, 6) is 0.154. The maximum atomic E-state index is 13.3. The molecule has 0 fully saturated rings. The first-order valence-corrected chi connectivity index (χ1v) is 5.45. The van der Waals surface area contributed by atoms with E-state index < -0.39 is 10.7 Å². The van der Waals surface area contributed by atoms with Gasteiger partial charge in [0.25, 0.3) is 5.69 Å². The number of aryl methyl sites for hydroxylation is 2. The lowest BCUT2D eigenvalue weighted by atomic mass is 10.2. The number of aromatic nitrogens is 2. The molecule has 0 aliphatic heterocycles. The molecular formula is C11H11FN4O3. The van der Waals surface area contributed by atoms with Gasteiger partial charge in [0.15, 0.2) is 5.82 Å². The predicted octanol–water partition coefficient (Wildman–Crippen LogP) is 2.35. The average Bonchev–Trinajstić information content (AvgIpc) is 2.76. The molecule has 0 aliphatic rings. The summed E-state index contributed by atoms with van der Waals surface area (Å²) in [7, 11) is 0. The van der Waals surface area contributed by atoms with Gasteiger partial charge in [-0.1, -0.05) is 5.16 Å². The Bertz CT molecular complexity index is 626. The van der Waals surface area contributed by atoms with Crippen molar-refractivity contribution in [3.63, 3.8) is 0 Å². The Balaban J connectivity index is 2.23. The molecule has 100 valence electrons. The van der Waals surface area contributed by atoms with Gasteiger partial charge in [0, 0.05) is 0 Å². The van der Waals surface area contributed by atoms with Crippen LogP contribution in [0.3, 0.4) is 0 Å². The molecule has 1 aromatic carbocycles. The molecule has 7 nitrogen and oxygen atoms in total. The second-order valence-electron chi connectivity index (χ2n) is 3.96. The van der Waals surface area contributed by atoms with Crippen molar-refractivity contribution in [2.75, 3.05) is 5.32 Å². The lowest BCUT2D eigenvalue weighted by molar-refractivity contribution is -0.384. The van der Waals surface area contributed by atoms with Crippen molar-refractivity contribution >= 4 is 11.4 Å². The van der Waals surface area contributed by atoms with Crippen LogP contribution in [-0.4, -0.2) is 15.1 Å². The lowest BCUT2D eigenvalue weighted by Crippen LogP contribution is -2.04. The van der Waals surface area contributed by atoms with Crippen LogP contribution in [0.5, 0.6) is 0 Å². The van der Waals surface area contributed by atoms with Gasteiger partial charge in [0.05, 0.1) is 17.5 Å². The zero-order valence-corrected chi connectivity index (χ0v) is 10.3. The Morgan fingerprint density at radius 1 is 1.47 bits per heavy atom. The highest BCUT2D eigenvalue weighted by Crippen LogP contribution is 2.27. The number of benzene rings is 1. The fourth-order valence-corrected chi connectivity index (χ4v) is 1.55. The zero-order valence-electron chi connectivity index (χ0n) is 10.3. The Morgan fingerprint density at radius 2 is 2.21 bits per heavy atom. The number of nitrogens with one attached hydrogen (secondary N) is 1. The first-order chi connectivity index (χ1) is 8.97. The number of rotatable bonds is 4. The van der Waals surface area contributed by atoms with Gasteiger partial charge in [-0.15, -0.1) is 0 Å². The van der Waals surface area contributed by atoms with E-state index in [0.717, 1.165) is 6.07 Å². The fraction of sp³-hybridized carbons (Fsp3) is 0.273. The van der Waals surface area contributed by atoms with Crippen molar-refractivity contribution in [1.29, 1.82) is 0 Å². The van der Waals surface area contributed by atoms with E-state index in [2.05, 4.69) is 15.5 Å². The smallest absolute Gasteiger partial charge is 0.295 e. The van der Waals surface area contributed by atoms with E-state index in [1.165, 1.54) is 13.0 Å². The van der Waals surface area contributed by atoms with E-state index in [1.807, 2.05) is 0 Å². The number of anilines is 1. The van der Waals surface area contributed by atoms with Crippen LogP contribution in [0.25, 0.3) is 0 Å². The van der Waals surface area contributed by atoms with Crippen LogP contribution in [0.2, 0.25) is 0 Å². The van der Waals surface area contributed by atoms with Crippen LogP contribution >= 0.6 is 0 Å². The van der Waals surface area contributed by atoms with Crippen LogP contribution < -0.4 is 5.32 Å². The van der Waals surface area contributed by atoms with E-state index in [9.17, 15) is 14.5 Å². The van der Waals surface area contributed by atoms with Crippen molar-refractivity contribution in [1.82, 2.24) is 10.1 Å². The summed E-state index contributed by atoms with van der Waals surface area (Å²) in [6, 6.07) is 2.26. The maximum absolute atomic E-state index is 13.3. The maximum Gasteiger partial charge on any atom is 0.295 e. The number of nitro groups is 1. The molecule has 0 spiro atoms. The van der Waals surface area contributed by atoms with Gasteiger partial charge in [-0.2, -0.15) is 4.98 Å². The van der Waals surface area contributed by atoms with Crippen molar-refractivity contribution in [3.8, 4) is 0 Å². The van der Waals surface area contributed by atoms with Crippen molar-refractivity contribution < 1.29 is 13.8 Å². The van der Waals surface area contributed by atoms with Crippen LogP contribution in [0.4, 0.5) is 15.8 Å². The number of hydrogen-bond donors (Lipinski definition) is 1. The fourth-order valence-electron chi connectivity index (χ4n) is 1.55. The molecule has 2 rings (SSSR count). The molecule has 1 N–H and O–H groups in total. The molecule has 0 saturated heterocycles. The summed E-state index contributed by atoms with van der Waals surface area (Å²) >= 11 is 0. The van der Waals surface area contributed by atoms with Crippen molar-refractivity contribution in [2.45, 2.75) is 20.4 Å². The third-order valence-corrected chi connectivity index (χ3v) is 2.47. The second-order valence-corrected chi connectivity index (χ2v) is 3.96. The molecule has 1 aromatic heterocycles. The summed E-state index contributed by atoms with van der Waals surface area (Å²) in [5.41, 5.74) is 0.189. The van der Waals surface area contributed by atoms with E-state index in [0.29, 0.717) is 17.3 Å². The molecule has 0 radical (unpaired) electrons. The SMILES string of the molecule is Cc1noc(CNc2cc(C)c(F)cc2[N+](=O)[O-])n1. The first-order valence-electron chi connectivity index (χ1n) is 5.45. The van der Waals surface area contributed by atoms with Gasteiger partial charge in [0.2, 0.25) is 5.89 Å². The Kier molecular flexibility index (Phi) is 3.41. The third kappa shape index (κ3) is 2.84. The van der Waals surface area contributed by atoms with E-state index in [1.54, 1.807) is 6.92 Å². The van der Waals surface area contributed by atoms with Gasteiger partial charge < -0.3 is 9.84 Å². The Morgan fingerprint density at radius 3 is 2.79 bits per heavy atom. The Labute approximate surface area is 107 Å². The number of nitro benzene ring substituents is 1. The van der Waals surface area contributed by atoms with Crippen molar-refractivity contribution in [3.05, 3.63) is 45.3 Å². The van der Waals surface area contributed by atoms with Crippen LogP contribution in [0.1, 0.15) is 17.3 Å². The topological polar surface area (TPSA) is 94.1 Å². The molecule has 1 heterocycles. The van der Waals surface area contributed by atoms with Gasteiger partial charge >= 0.3 is 0 Å². The van der Waals surface area contributed by atoms with E-state index in [-0.39, 0.29) is 17.9 Å². The van der Waals surface area contributed by atoms with Crippen LogP contribution in [-0.2, 0) is 6.54 Å². The molecular weight excluding hydrogens is 255 g/mol. The number of halogens is 1. The lowest BCUT2D eigenvalue weighted by Gasteiger charge is -2.06. The minimum Gasteiger partial charge on any atom is -0.371 e. The van der Waals surface area contributed by atoms with Crippen molar-refractivity contribution in [2.24, 2.45) is 0 Å². The molecule has 0 amide bonds. The molecule has 19 heavy (non-hydrogen) atoms. The van der Waals surface area contributed by atoms with Gasteiger partial charge in [-0.3, -0.25) is 10.1 Å². The summed E-state index contributed by atoms with van der Waals surface area (Å²) in [6.07, 6.45) is 0. The largest absolute Gasteiger partial charge is 0.371 e. The second kappa shape index (κ2) is 5.01. The average molecular weight is 266 g/mol. The number of hydrogen-bond acceptors (Lipinski definition) is 6. The van der Waals surface area contributed by atoms with E-state index in [4.69, 9.17) is 4.52 Å². The van der Waals surface area contributed by atoms with Crippen LogP contribution in [0, 0.1) is 29.8 Å². The van der Waals surface area contributed by atoms with Gasteiger partial charge in [-0.05, 0) is 25.5 Å². The van der Waals surface area contributed by atoms with Gasteiger partial charge in [-0.25, -0.2) is 4.39 Å². The minimum absolute atomic E-state index is 0.132. The summed E-state index contributed by atoms with van der Waals surface area (Å²) < 4.78 is 18.2. The molecule has 0 aliphatic carbocycles. The number of nitrogens with zero attached hydrogens (tertiary/aromatic N) is 3. The monoisotopic (exact) mass is 266 g/mol. The molecule has 0 bridgehead atoms. The summed E-state index contributed by atoms with van der Waals surface area (Å²) in [5, 5.41) is 17.2. The third-order valence-electron chi connectivity index (χ3n) is 2.47.